The number of carbonyl (C=O) groups excluding carboxylic acids is 1. The number of amides is 1. The van der Waals surface area contributed by atoms with Crippen LogP contribution >= 0.6 is 9.24 Å². The first kappa shape index (κ1) is 23.5. The fourth-order valence-corrected chi connectivity index (χ4v) is 4.89. The largest absolute Gasteiger partial charge is 0.416 e. The van der Waals surface area contributed by atoms with Crippen molar-refractivity contribution in [3.05, 3.63) is 34.9 Å². The Morgan fingerprint density at radius 3 is 2.60 bits per heavy atom. The molecule has 0 aromatic heterocycles. The summed E-state index contributed by atoms with van der Waals surface area (Å²) in [7, 11) is 2.73. The summed E-state index contributed by atoms with van der Waals surface area (Å²) in [6.07, 6.45) is 2.58. The van der Waals surface area contributed by atoms with E-state index in [-0.39, 0.29) is 24.6 Å². The maximum Gasteiger partial charge on any atom is 0.416 e. The van der Waals surface area contributed by atoms with Crippen molar-refractivity contribution in [2.24, 2.45) is 0 Å². The van der Waals surface area contributed by atoms with Crippen molar-refractivity contribution in [2.45, 2.75) is 82.3 Å². The van der Waals surface area contributed by atoms with Crippen molar-refractivity contribution >= 4 is 15.1 Å². The number of alkyl halides is 3. The number of nitrogens with zero attached hydrogens (tertiary/aromatic N) is 1. The Kier molecular flexibility index (Phi) is 8.17. The number of nitrogens with one attached hydrogen (secondary N) is 1. The fraction of sp³-hybridized carbons (Fsp3) is 0.682. The summed E-state index contributed by atoms with van der Waals surface area (Å²) < 4.78 is 39.0. The van der Waals surface area contributed by atoms with Crippen LogP contribution in [0.4, 0.5) is 13.2 Å². The Bertz CT molecular complexity index is 721. The lowest BCUT2D eigenvalue weighted by Gasteiger charge is -2.32. The number of carbonyl (C=O) groups is 1. The van der Waals surface area contributed by atoms with Crippen LogP contribution in [0, 0.1) is 0 Å². The van der Waals surface area contributed by atoms with Crippen molar-refractivity contribution in [1.29, 1.82) is 0 Å². The standard InChI is InChI=1S/C22H32F3N2O2P/c23-22(24,25)17-2-1-15-9-11-27(14-16(15)13-17)21(29)8-5-19(10-12-30)26-18-3-6-20(28)7-4-18/h1-2,13,18-20,26,28H,3-12,14,30H2/t18?,19-,20?/m0/s1. The number of benzene rings is 1. The van der Waals surface area contributed by atoms with E-state index in [1.54, 1.807) is 11.0 Å². The van der Waals surface area contributed by atoms with Crippen molar-refractivity contribution in [3.8, 4) is 0 Å². The summed E-state index contributed by atoms with van der Waals surface area (Å²) in [5.74, 6) is 0.00712. The average molecular weight is 444 g/mol. The Morgan fingerprint density at radius 2 is 1.93 bits per heavy atom. The Labute approximate surface area is 178 Å². The topological polar surface area (TPSA) is 52.6 Å². The number of rotatable bonds is 7. The highest BCUT2D eigenvalue weighted by Crippen LogP contribution is 2.32. The number of halogens is 3. The van der Waals surface area contributed by atoms with Gasteiger partial charge in [-0.2, -0.15) is 13.2 Å². The maximum atomic E-state index is 13.0. The van der Waals surface area contributed by atoms with E-state index in [9.17, 15) is 23.1 Å². The summed E-state index contributed by atoms with van der Waals surface area (Å²) in [6.45, 7) is 0.805. The lowest BCUT2D eigenvalue weighted by Crippen LogP contribution is -2.42. The molecule has 1 aliphatic heterocycles. The van der Waals surface area contributed by atoms with E-state index < -0.39 is 11.7 Å². The third kappa shape index (κ3) is 6.41. The third-order valence-electron chi connectivity index (χ3n) is 6.29. The van der Waals surface area contributed by atoms with Crippen LogP contribution in [0.15, 0.2) is 18.2 Å². The van der Waals surface area contributed by atoms with Gasteiger partial charge >= 0.3 is 6.18 Å². The van der Waals surface area contributed by atoms with Gasteiger partial charge in [-0.05, 0) is 74.4 Å². The van der Waals surface area contributed by atoms with Crippen LogP contribution in [0.2, 0.25) is 0 Å². The van der Waals surface area contributed by atoms with Crippen LogP contribution in [0.3, 0.4) is 0 Å². The lowest BCUT2D eigenvalue weighted by molar-refractivity contribution is -0.137. The van der Waals surface area contributed by atoms with E-state index in [0.29, 0.717) is 31.0 Å². The monoisotopic (exact) mass is 444 g/mol. The highest BCUT2D eigenvalue weighted by atomic mass is 31.0. The smallest absolute Gasteiger partial charge is 0.393 e. The lowest BCUT2D eigenvalue weighted by atomic mass is 9.92. The van der Waals surface area contributed by atoms with Gasteiger partial charge in [-0.25, -0.2) is 0 Å². The van der Waals surface area contributed by atoms with Crippen LogP contribution in [-0.2, 0) is 23.9 Å². The minimum atomic E-state index is -4.37. The van der Waals surface area contributed by atoms with Gasteiger partial charge < -0.3 is 15.3 Å². The first-order valence-electron chi connectivity index (χ1n) is 10.9. The molecule has 1 unspecified atom stereocenters. The van der Waals surface area contributed by atoms with Gasteiger partial charge in [0.25, 0.3) is 0 Å². The summed E-state index contributed by atoms with van der Waals surface area (Å²) in [6, 6.07) is 4.47. The summed E-state index contributed by atoms with van der Waals surface area (Å²) >= 11 is 0. The van der Waals surface area contributed by atoms with Crippen LogP contribution < -0.4 is 5.32 Å². The summed E-state index contributed by atoms with van der Waals surface area (Å²) in [5, 5.41) is 13.3. The van der Waals surface area contributed by atoms with Crippen molar-refractivity contribution in [2.75, 3.05) is 12.7 Å². The molecule has 3 rings (SSSR count). The molecule has 1 fully saturated rings. The number of aliphatic hydroxyl groups excluding tert-OH is 1. The molecule has 1 amide bonds. The molecule has 8 heteroatoms. The average Bonchev–Trinajstić information content (AvgIpc) is 2.72. The predicted octanol–water partition coefficient (Wildman–Crippen LogP) is 3.90. The first-order chi connectivity index (χ1) is 14.3. The number of hydrogen-bond donors (Lipinski definition) is 2. The van der Waals surface area contributed by atoms with E-state index in [2.05, 4.69) is 14.6 Å². The Balaban J connectivity index is 1.53. The molecule has 1 aliphatic carbocycles. The molecule has 0 saturated heterocycles. The van der Waals surface area contributed by atoms with Gasteiger partial charge in [0.1, 0.15) is 0 Å². The molecule has 1 heterocycles. The SMILES string of the molecule is O=C(CC[C@@H](CCP)NC1CCC(O)CC1)N1CCc2ccc(C(F)(F)F)cc2C1. The van der Waals surface area contributed by atoms with Crippen LogP contribution in [0.5, 0.6) is 0 Å². The number of aliphatic hydroxyl groups is 1. The molecule has 30 heavy (non-hydrogen) atoms. The molecule has 2 atom stereocenters. The minimum absolute atomic E-state index is 0.00712. The molecule has 168 valence electrons. The van der Waals surface area contributed by atoms with Gasteiger partial charge in [0, 0.05) is 31.6 Å². The molecule has 1 saturated carbocycles. The van der Waals surface area contributed by atoms with Gasteiger partial charge in [-0.1, -0.05) is 6.07 Å². The van der Waals surface area contributed by atoms with Gasteiger partial charge in [0.2, 0.25) is 5.91 Å². The van der Waals surface area contributed by atoms with Crippen molar-refractivity contribution in [3.63, 3.8) is 0 Å². The quantitative estimate of drug-likeness (QED) is 0.628. The molecule has 1 aromatic carbocycles. The second-order valence-electron chi connectivity index (χ2n) is 8.53. The molecular weight excluding hydrogens is 412 g/mol. The number of hydrogen-bond acceptors (Lipinski definition) is 3. The summed E-state index contributed by atoms with van der Waals surface area (Å²) in [4.78, 5) is 14.5. The van der Waals surface area contributed by atoms with E-state index in [1.807, 2.05) is 0 Å². The Morgan fingerprint density at radius 1 is 1.20 bits per heavy atom. The van der Waals surface area contributed by atoms with Crippen LogP contribution in [0.25, 0.3) is 0 Å². The predicted molar refractivity (Wildman–Crippen MR) is 114 cm³/mol. The molecule has 1 aromatic rings. The van der Waals surface area contributed by atoms with Crippen LogP contribution in [0.1, 0.15) is 61.6 Å². The first-order valence-corrected chi connectivity index (χ1v) is 11.7. The zero-order chi connectivity index (χ0) is 21.7. The minimum Gasteiger partial charge on any atom is -0.393 e. The zero-order valence-corrected chi connectivity index (χ0v) is 18.4. The van der Waals surface area contributed by atoms with E-state index in [1.165, 1.54) is 6.07 Å². The van der Waals surface area contributed by atoms with E-state index >= 15 is 0 Å². The van der Waals surface area contributed by atoms with Crippen LogP contribution in [-0.4, -0.2) is 46.8 Å². The van der Waals surface area contributed by atoms with Gasteiger partial charge in [-0.15, -0.1) is 9.24 Å². The fourth-order valence-electron chi connectivity index (χ4n) is 4.49. The van der Waals surface area contributed by atoms with E-state index in [0.717, 1.165) is 56.3 Å². The summed E-state index contributed by atoms with van der Waals surface area (Å²) in [5.41, 5.74) is 0.844. The molecule has 2 aliphatic rings. The third-order valence-corrected chi connectivity index (χ3v) is 6.62. The maximum absolute atomic E-state index is 13.0. The molecule has 4 nitrogen and oxygen atoms in total. The molecule has 2 N–H and O–H groups in total. The number of fused-ring (bicyclic) bond motifs is 1. The second-order valence-corrected chi connectivity index (χ2v) is 9.11. The van der Waals surface area contributed by atoms with E-state index in [4.69, 9.17) is 0 Å². The van der Waals surface area contributed by atoms with Gasteiger partial charge in [0.15, 0.2) is 0 Å². The molecule has 0 spiro atoms. The van der Waals surface area contributed by atoms with Gasteiger partial charge in [-0.3, -0.25) is 4.79 Å². The highest BCUT2D eigenvalue weighted by Gasteiger charge is 2.32. The molecule has 0 radical (unpaired) electrons. The highest BCUT2D eigenvalue weighted by molar-refractivity contribution is 7.16. The van der Waals surface area contributed by atoms with Crippen molar-refractivity contribution in [1.82, 2.24) is 10.2 Å². The van der Waals surface area contributed by atoms with Gasteiger partial charge in [0.05, 0.1) is 11.7 Å². The molecular formula is C22H32F3N2O2P. The Hall–Kier alpha value is -1.17. The molecule has 0 bridgehead atoms. The normalized spacial score (nSPS) is 23.2. The zero-order valence-electron chi connectivity index (χ0n) is 17.3. The van der Waals surface area contributed by atoms with Crippen molar-refractivity contribution < 1.29 is 23.1 Å². The second kappa shape index (κ2) is 10.4.